The number of benzene rings is 1. The maximum atomic E-state index is 12.5. The Morgan fingerprint density at radius 3 is 2.61 bits per heavy atom. The van der Waals surface area contributed by atoms with Gasteiger partial charge < -0.3 is 9.84 Å². The predicted molar refractivity (Wildman–Crippen MR) is 89.1 cm³/mol. The molecule has 2 aliphatic heterocycles. The van der Waals surface area contributed by atoms with Crippen molar-refractivity contribution in [2.75, 3.05) is 0 Å². The zero-order valence-corrected chi connectivity index (χ0v) is 14.2. The fourth-order valence-corrected chi connectivity index (χ4v) is 4.00. The van der Waals surface area contributed by atoms with E-state index in [4.69, 9.17) is 4.74 Å². The number of hydrogen-bond donors (Lipinski definition) is 1. The van der Waals surface area contributed by atoms with Crippen LogP contribution in [-0.4, -0.2) is 39.9 Å². The van der Waals surface area contributed by atoms with Crippen LogP contribution in [0.25, 0.3) is 0 Å². The molecule has 1 N–H and O–H groups in total. The second kappa shape index (κ2) is 6.16. The highest BCUT2D eigenvalue weighted by atomic mass is 16.6. The highest BCUT2D eigenvalue weighted by Crippen LogP contribution is 2.40. The minimum Gasteiger partial charge on any atom is -0.444 e. The molecule has 0 radical (unpaired) electrons. The van der Waals surface area contributed by atoms with Crippen molar-refractivity contribution in [3.05, 3.63) is 35.9 Å². The van der Waals surface area contributed by atoms with Gasteiger partial charge in [-0.2, -0.15) is 0 Å². The van der Waals surface area contributed by atoms with Gasteiger partial charge >= 0.3 is 6.09 Å². The quantitative estimate of drug-likeness (QED) is 0.910. The summed E-state index contributed by atoms with van der Waals surface area (Å²) in [6.07, 6.45) is 2.81. The van der Waals surface area contributed by atoms with E-state index in [-0.39, 0.29) is 24.1 Å². The molecule has 1 amide bonds. The van der Waals surface area contributed by atoms with E-state index < -0.39 is 11.7 Å². The number of aliphatic hydroxyl groups excluding tert-OH is 1. The number of ether oxygens (including phenoxy) is 1. The Morgan fingerprint density at radius 1 is 1.26 bits per heavy atom. The first-order chi connectivity index (χ1) is 10.8. The van der Waals surface area contributed by atoms with Crippen LogP contribution < -0.4 is 0 Å². The molecule has 0 aliphatic carbocycles. The van der Waals surface area contributed by atoms with Gasteiger partial charge in [0, 0.05) is 6.04 Å². The monoisotopic (exact) mass is 317 g/mol. The third-order valence-corrected chi connectivity index (χ3v) is 4.94. The number of nitrogens with zero attached hydrogens (tertiary/aromatic N) is 1. The first kappa shape index (κ1) is 16.3. The summed E-state index contributed by atoms with van der Waals surface area (Å²) >= 11 is 0. The Morgan fingerprint density at radius 2 is 1.96 bits per heavy atom. The van der Waals surface area contributed by atoms with Crippen molar-refractivity contribution in [2.24, 2.45) is 5.92 Å². The zero-order valence-electron chi connectivity index (χ0n) is 14.2. The fourth-order valence-electron chi connectivity index (χ4n) is 4.00. The van der Waals surface area contributed by atoms with Crippen LogP contribution in [0.15, 0.2) is 30.3 Å². The maximum Gasteiger partial charge on any atom is 0.410 e. The molecule has 2 fully saturated rings. The van der Waals surface area contributed by atoms with Crippen molar-refractivity contribution < 1.29 is 14.6 Å². The van der Waals surface area contributed by atoms with Crippen molar-refractivity contribution >= 4 is 6.09 Å². The summed E-state index contributed by atoms with van der Waals surface area (Å²) in [4.78, 5) is 14.3. The largest absolute Gasteiger partial charge is 0.444 e. The molecular formula is C19H27NO3. The SMILES string of the molecule is CC(C)(C)OC(=O)N1[C@H]2CC[C@@H]1[C@@H](O)[C@@H](Cc1ccccc1)C2. The Hall–Kier alpha value is -1.55. The Labute approximate surface area is 138 Å². The molecule has 2 aliphatic rings. The summed E-state index contributed by atoms with van der Waals surface area (Å²) in [7, 11) is 0. The van der Waals surface area contributed by atoms with Gasteiger partial charge in [-0.3, -0.25) is 4.90 Å². The van der Waals surface area contributed by atoms with Crippen LogP contribution in [0.2, 0.25) is 0 Å². The molecule has 1 aromatic rings. The Balaban J connectivity index is 1.70. The van der Waals surface area contributed by atoms with Crippen LogP contribution in [0.5, 0.6) is 0 Å². The van der Waals surface area contributed by atoms with Crippen molar-refractivity contribution in [3.8, 4) is 0 Å². The normalized spacial score (nSPS) is 30.3. The van der Waals surface area contributed by atoms with Gasteiger partial charge in [0.25, 0.3) is 0 Å². The number of piperidine rings is 1. The lowest BCUT2D eigenvalue weighted by molar-refractivity contribution is -0.0446. The van der Waals surface area contributed by atoms with Gasteiger partial charge in [-0.15, -0.1) is 0 Å². The zero-order chi connectivity index (χ0) is 16.6. The minimum absolute atomic E-state index is 0.0997. The van der Waals surface area contributed by atoms with E-state index >= 15 is 0 Å². The van der Waals surface area contributed by atoms with E-state index in [1.54, 1.807) is 4.90 Å². The maximum absolute atomic E-state index is 12.5. The molecule has 0 unspecified atom stereocenters. The van der Waals surface area contributed by atoms with E-state index in [1.807, 2.05) is 39.0 Å². The van der Waals surface area contributed by atoms with Gasteiger partial charge in [0.1, 0.15) is 5.60 Å². The summed E-state index contributed by atoms with van der Waals surface area (Å²) in [6.45, 7) is 5.64. The molecule has 23 heavy (non-hydrogen) atoms. The first-order valence-corrected chi connectivity index (χ1v) is 8.58. The van der Waals surface area contributed by atoms with Gasteiger partial charge in [0.05, 0.1) is 12.1 Å². The van der Waals surface area contributed by atoms with E-state index in [2.05, 4.69) is 12.1 Å². The molecular weight excluding hydrogens is 290 g/mol. The first-order valence-electron chi connectivity index (χ1n) is 8.58. The lowest BCUT2D eigenvalue weighted by Crippen LogP contribution is -2.55. The molecule has 2 heterocycles. The summed E-state index contributed by atoms with van der Waals surface area (Å²) in [5, 5.41) is 10.8. The molecule has 0 saturated carbocycles. The van der Waals surface area contributed by atoms with Gasteiger partial charge in [0.15, 0.2) is 0 Å². The van der Waals surface area contributed by atoms with Crippen LogP contribution >= 0.6 is 0 Å². The van der Waals surface area contributed by atoms with E-state index in [0.717, 1.165) is 25.7 Å². The predicted octanol–water partition coefficient (Wildman–Crippen LogP) is 3.38. The lowest BCUT2D eigenvalue weighted by atomic mass is 9.83. The molecule has 2 saturated heterocycles. The minimum atomic E-state index is -0.498. The summed E-state index contributed by atoms with van der Waals surface area (Å²) in [5.74, 6) is 0.216. The Kier molecular flexibility index (Phi) is 4.37. The second-order valence-corrected chi connectivity index (χ2v) is 7.86. The van der Waals surface area contributed by atoms with Crippen LogP contribution in [0.1, 0.15) is 45.6 Å². The summed E-state index contributed by atoms with van der Waals surface area (Å²) in [5.41, 5.74) is 0.754. The third-order valence-electron chi connectivity index (χ3n) is 4.94. The molecule has 2 bridgehead atoms. The van der Waals surface area contributed by atoms with E-state index in [1.165, 1.54) is 5.56 Å². The fraction of sp³-hybridized carbons (Fsp3) is 0.632. The van der Waals surface area contributed by atoms with Crippen LogP contribution in [0.4, 0.5) is 4.79 Å². The van der Waals surface area contributed by atoms with Crippen molar-refractivity contribution in [1.29, 1.82) is 0 Å². The summed E-state index contributed by atoms with van der Waals surface area (Å²) < 4.78 is 5.54. The third kappa shape index (κ3) is 3.52. The topological polar surface area (TPSA) is 49.8 Å². The second-order valence-electron chi connectivity index (χ2n) is 7.86. The molecule has 4 heteroatoms. The van der Waals surface area contributed by atoms with Crippen molar-refractivity contribution in [2.45, 2.75) is 70.2 Å². The number of hydrogen-bond acceptors (Lipinski definition) is 3. The molecule has 3 rings (SSSR count). The number of aliphatic hydroxyl groups is 1. The Bertz CT molecular complexity index is 551. The van der Waals surface area contributed by atoms with Gasteiger partial charge in [-0.05, 0) is 57.9 Å². The van der Waals surface area contributed by atoms with Gasteiger partial charge in [-0.25, -0.2) is 4.79 Å². The standard InChI is InChI=1S/C19H27NO3/c1-19(2,3)23-18(22)20-15-9-10-16(20)17(21)14(12-15)11-13-7-5-4-6-8-13/h4-8,14-17,21H,9-12H2,1-3H3/t14-,15-,16+,17-/m0/s1. The average Bonchev–Trinajstić information content (AvgIpc) is 2.82. The van der Waals surface area contributed by atoms with Crippen LogP contribution in [-0.2, 0) is 11.2 Å². The smallest absolute Gasteiger partial charge is 0.410 e. The number of fused-ring (bicyclic) bond motifs is 2. The molecule has 4 atom stereocenters. The number of carbonyl (C=O) groups excluding carboxylic acids is 1. The number of rotatable bonds is 2. The molecule has 4 nitrogen and oxygen atoms in total. The lowest BCUT2D eigenvalue weighted by Gasteiger charge is -2.42. The summed E-state index contributed by atoms with van der Waals surface area (Å²) in [6, 6.07) is 10.4. The molecule has 0 spiro atoms. The molecule has 1 aromatic carbocycles. The highest BCUT2D eigenvalue weighted by molar-refractivity contribution is 5.69. The van der Waals surface area contributed by atoms with Gasteiger partial charge in [0.2, 0.25) is 0 Å². The molecule has 0 aromatic heterocycles. The van der Waals surface area contributed by atoms with Crippen molar-refractivity contribution in [1.82, 2.24) is 4.90 Å². The van der Waals surface area contributed by atoms with Gasteiger partial charge in [-0.1, -0.05) is 30.3 Å². The van der Waals surface area contributed by atoms with Crippen LogP contribution in [0.3, 0.4) is 0 Å². The highest BCUT2D eigenvalue weighted by Gasteiger charge is 2.49. The molecule has 126 valence electrons. The average molecular weight is 317 g/mol. The number of amides is 1. The number of carbonyl (C=O) groups is 1. The van der Waals surface area contributed by atoms with Crippen LogP contribution in [0, 0.1) is 5.92 Å². The van der Waals surface area contributed by atoms with E-state index in [0.29, 0.717) is 0 Å². The van der Waals surface area contributed by atoms with E-state index in [9.17, 15) is 9.90 Å². The van der Waals surface area contributed by atoms with Crippen molar-refractivity contribution in [3.63, 3.8) is 0 Å².